The molecule has 0 amide bonds. The molecule has 1 atom stereocenters. The van der Waals surface area contributed by atoms with E-state index in [0.717, 1.165) is 38.8 Å². The average Bonchev–Trinajstić information content (AvgIpc) is 2.91. The molecule has 3 nitrogen and oxygen atoms in total. The lowest BCUT2D eigenvalue weighted by molar-refractivity contribution is 0.170. The number of benzene rings is 1. The summed E-state index contributed by atoms with van der Waals surface area (Å²) in [4.78, 5) is 2.50. The number of aliphatic hydroxyl groups is 1. The van der Waals surface area contributed by atoms with Gasteiger partial charge in [0.2, 0.25) is 0 Å². The Morgan fingerprint density at radius 1 is 1.20 bits per heavy atom. The smallest absolute Gasteiger partial charge is 0.0621 e. The highest BCUT2D eigenvalue weighted by atomic mass is 16.3. The third-order valence-corrected chi connectivity index (χ3v) is 4.13. The van der Waals surface area contributed by atoms with E-state index in [-0.39, 0.29) is 6.61 Å². The minimum Gasteiger partial charge on any atom is -0.396 e. The van der Waals surface area contributed by atoms with Crippen LogP contribution >= 0.6 is 0 Å². The van der Waals surface area contributed by atoms with Gasteiger partial charge in [-0.15, -0.1) is 0 Å². The van der Waals surface area contributed by atoms with Crippen LogP contribution in [0.4, 0.5) is 0 Å². The average molecular weight is 272 g/mol. The highest BCUT2D eigenvalue weighted by Crippen LogP contribution is 2.35. The van der Waals surface area contributed by atoms with Crippen molar-refractivity contribution in [1.82, 2.24) is 4.90 Å². The van der Waals surface area contributed by atoms with Gasteiger partial charge in [0.05, 0.1) is 6.07 Å². The Hall–Kier alpha value is -1.37. The van der Waals surface area contributed by atoms with Crippen LogP contribution in [-0.2, 0) is 6.42 Å². The fourth-order valence-electron chi connectivity index (χ4n) is 3.13. The Morgan fingerprint density at radius 2 is 2.00 bits per heavy atom. The van der Waals surface area contributed by atoms with Gasteiger partial charge in [-0.25, -0.2) is 0 Å². The number of hydrogen-bond donors (Lipinski definition) is 1. The molecule has 0 spiro atoms. The molecule has 108 valence electrons. The molecule has 1 aromatic carbocycles. The van der Waals surface area contributed by atoms with Gasteiger partial charge >= 0.3 is 0 Å². The Balaban J connectivity index is 1.98. The molecule has 0 fully saturated rings. The Morgan fingerprint density at radius 3 is 2.80 bits per heavy atom. The third kappa shape index (κ3) is 3.82. The Labute approximate surface area is 121 Å². The summed E-state index contributed by atoms with van der Waals surface area (Å²) >= 11 is 0. The van der Waals surface area contributed by atoms with Crippen molar-refractivity contribution < 1.29 is 5.11 Å². The van der Waals surface area contributed by atoms with E-state index < -0.39 is 0 Å². The van der Waals surface area contributed by atoms with Crippen molar-refractivity contribution in [1.29, 1.82) is 5.26 Å². The monoisotopic (exact) mass is 272 g/mol. The molecule has 1 aliphatic carbocycles. The zero-order valence-corrected chi connectivity index (χ0v) is 12.1. The van der Waals surface area contributed by atoms with Crippen molar-refractivity contribution in [2.75, 3.05) is 19.7 Å². The second kappa shape index (κ2) is 8.04. The van der Waals surface area contributed by atoms with E-state index in [2.05, 4.69) is 35.2 Å². The van der Waals surface area contributed by atoms with Gasteiger partial charge in [0.15, 0.2) is 0 Å². The minimum absolute atomic E-state index is 0.253. The number of aliphatic hydroxyl groups excluding tert-OH is 1. The molecule has 0 aliphatic heterocycles. The molecule has 0 saturated heterocycles. The van der Waals surface area contributed by atoms with Gasteiger partial charge in [-0.1, -0.05) is 24.3 Å². The summed E-state index contributed by atoms with van der Waals surface area (Å²) < 4.78 is 0. The minimum atomic E-state index is 0.253. The van der Waals surface area contributed by atoms with Gasteiger partial charge in [-0.3, -0.25) is 4.90 Å². The quantitative estimate of drug-likeness (QED) is 0.740. The van der Waals surface area contributed by atoms with Gasteiger partial charge in [-0.05, 0) is 49.8 Å². The number of aryl methyl sites for hydroxylation is 1. The van der Waals surface area contributed by atoms with E-state index in [0.29, 0.717) is 12.5 Å². The van der Waals surface area contributed by atoms with Gasteiger partial charge < -0.3 is 5.11 Å². The molecular weight excluding hydrogens is 248 g/mol. The van der Waals surface area contributed by atoms with Crippen molar-refractivity contribution in [2.45, 2.75) is 44.6 Å². The lowest BCUT2D eigenvalue weighted by atomic mass is 10.1. The van der Waals surface area contributed by atoms with Gasteiger partial charge in [0.1, 0.15) is 0 Å². The first kappa shape index (κ1) is 15.0. The maximum absolute atomic E-state index is 9.09. The van der Waals surface area contributed by atoms with Gasteiger partial charge in [0, 0.05) is 25.6 Å². The standard InChI is InChI=1S/C17H24N2O/c18-11-4-1-5-12-19(13-6-14-20)17-10-9-15-7-2-3-8-16(15)17/h2-3,7-8,17,20H,1,4-6,9-10,12-14H2/t17-/m0/s1. The molecular formula is C17H24N2O. The van der Waals surface area contributed by atoms with Crippen LogP contribution in [0.5, 0.6) is 0 Å². The molecule has 20 heavy (non-hydrogen) atoms. The fraction of sp³-hybridized carbons (Fsp3) is 0.588. The van der Waals surface area contributed by atoms with Crippen molar-refractivity contribution >= 4 is 0 Å². The first-order valence-corrected chi connectivity index (χ1v) is 7.66. The lowest BCUT2D eigenvalue weighted by Gasteiger charge is -2.29. The Bertz CT molecular complexity index is 453. The Kier molecular flexibility index (Phi) is 6.04. The molecule has 1 aromatic rings. The van der Waals surface area contributed by atoms with Crippen LogP contribution in [-0.4, -0.2) is 29.7 Å². The maximum Gasteiger partial charge on any atom is 0.0621 e. The fourth-order valence-corrected chi connectivity index (χ4v) is 3.13. The number of fused-ring (bicyclic) bond motifs is 1. The number of unbranched alkanes of at least 4 members (excludes halogenated alkanes) is 2. The molecule has 3 heteroatoms. The van der Waals surface area contributed by atoms with E-state index in [4.69, 9.17) is 10.4 Å². The summed E-state index contributed by atoms with van der Waals surface area (Å²) in [6, 6.07) is 11.4. The third-order valence-electron chi connectivity index (χ3n) is 4.13. The van der Waals surface area contributed by atoms with E-state index >= 15 is 0 Å². The molecule has 0 aromatic heterocycles. The van der Waals surface area contributed by atoms with Crippen LogP contribution in [0, 0.1) is 11.3 Å². The number of nitriles is 1. The maximum atomic E-state index is 9.09. The van der Waals surface area contributed by atoms with Crippen LogP contribution in [0.2, 0.25) is 0 Å². The number of rotatable bonds is 8. The predicted molar refractivity (Wildman–Crippen MR) is 80.2 cm³/mol. The van der Waals surface area contributed by atoms with Crippen LogP contribution in [0.15, 0.2) is 24.3 Å². The second-order valence-electron chi connectivity index (χ2n) is 5.48. The first-order chi connectivity index (χ1) is 9.86. The second-order valence-corrected chi connectivity index (χ2v) is 5.48. The molecule has 0 heterocycles. The van der Waals surface area contributed by atoms with Gasteiger partial charge in [-0.2, -0.15) is 5.26 Å². The summed E-state index contributed by atoms with van der Waals surface area (Å²) in [6.45, 7) is 2.23. The van der Waals surface area contributed by atoms with E-state index in [1.165, 1.54) is 17.5 Å². The largest absolute Gasteiger partial charge is 0.396 e. The summed E-state index contributed by atoms with van der Waals surface area (Å²) in [5.74, 6) is 0. The topological polar surface area (TPSA) is 47.3 Å². The zero-order chi connectivity index (χ0) is 14.2. The van der Waals surface area contributed by atoms with E-state index in [1.807, 2.05) is 0 Å². The molecule has 1 N–H and O–H groups in total. The van der Waals surface area contributed by atoms with E-state index in [1.54, 1.807) is 0 Å². The molecule has 0 saturated carbocycles. The summed E-state index contributed by atoms with van der Waals surface area (Å²) in [5, 5.41) is 17.7. The molecule has 2 rings (SSSR count). The first-order valence-electron chi connectivity index (χ1n) is 7.66. The van der Waals surface area contributed by atoms with Crippen molar-refractivity contribution in [3.8, 4) is 6.07 Å². The number of hydrogen-bond acceptors (Lipinski definition) is 3. The number of nitrogens with zero attached hydrogens (tertiary/aromatic N) is 2. The van der Waals surface area contributed by atoms with Crippen molar-refractivity contribution in [3.63, 3.8) is 0 Å². The highest BCUT2D eigenvalue weighted by Gasteiger charge is 2.26. The summed E-state index contributed by atoms with van der Waals surface area (Å²) in [7, 11) is 0. The highest BCUT2D eigenvalue weighted by molar-refractivity contribution is 5.34. The molecule has 0 unspecified atom stereocenters. The molecule has 1 aliphatic rings. The zero-order valence-electron chi connectivity index (χ0n) is 12.1. The van der Waals surface area contributed by atoms with Gasteiger partial charge in [0.25, 0.3) is 0 Å². The van der Waals surface area contributed by atoms with Crippen molar-refractivity contribution in [3.05, 3.63) is 35.4 Å². The molecule has 0 bridgehead atoms. The van der Waals surface area contributed by atoms with Crippen molar-refractivity contribution in [2.24, 2.45) is 0 Å². The predicted octanol–water partition coefficient (Wildman–Crippen LogP) is 3.05. The summed E-state index contributed by atoms with van der Waals surface area (Å²) in [6.07, 6.45) is 5.86. The summed E-state index contributed by atoms with van der Waals surface area (Å²) in [5.41, 5.74) is 2.94. The van der Waals surface area contributed by atoms with Crippen LogP contribution < -0.4 is 0 Å². The lowest BCUT2D eigenvalue weighted by Crippen LogP contribution is -2.30. The van der Waals surface area contributed by atoms with Crippen LogP contribution in [0.3, 0.4) is 0 Å². The molecule has 0 radical (unpaired) electrons. The normalized spacial score (nSPS) is 17.1. The SMILES string of the molecule is N#CCCCCN(CCCO)[C@H]1CCc2ccccc21. The van der Waals surface area contributed by atoms with Crippen LogP contribution in [0.1, 0.15) is 49.3 Å². The van der Waals surface area contributed by atoms with E-state index in [9.17, 15) is 0 Å². The van der Waals surface area contributed by atoms with Crippen LogP contribution in [0.25, 0.3) is 0 Å².